The molecule has 2 fully saturated rings. The number of nitrogens with zero attached hydrogens (tertiary/aromatic N) is 6. The number of nitrogens with one attached hydrogen (secondary N) is 2. The third-order valence-electron chi connectivity index (χ3n) is 7.99. The van der Waals surface area contributed by atoms with E-state index in [-0.39, 0.29) is 23.8 Å². The Bertz CT molecular complexity index is 1650. The smallest absolute Gasteiger partial charge is 0.318 e. The predicted octanol–water partition coefficient (Wildman–Crippen LogP) is 3.76. The van der Waals surface area contributed by atoms with Gasteiger partial charge in [-0.05, 0) is 56.2 Å². The van der Waals surface area contributed by atoms with Crippen LogP contribution in [-0.4, -0.2) is 88.8 Å². The number of morpholine rings is 1. The third-order valence-corrected chi connectivity index (χ3v) is 7.99. The first-order valence-electron chi connectivity index (χ1n) is 14.5. The number of piperidine rings is 1. The molecule has 0 spiro atoms. The standard InChI is InChI=1S/C31H34N8O4/c1-20(40)22-4-3-5-23(18-22)30(41)38-12-10-25(11-13-38)39-29-26(19-33-39)28(37-14-16-43-17-15-37)35-27(36-29)21-6-8-24(9-7-21)34-31(42)32-2/h3-9,18-19,25H,10-17H2,1-2H3,(H2,32,34,42). The average molecular weight is 583 g/mol. The monoisotopic (exact) mass is 582 g/mol. The molecule has 4 aromatic rings. The molecule has 2 N–H and O–H groups in total. The first-order chi connectivity index (χ1) is 20.9. The number of hydrogen-bond donors (Lipinski definition) is 2. The zero-order valence-electron chi connectivity index (χ0n) is 24.2. The second-order valence-corrected chi connectivity index (χ2v) is 10.7. The summed E-state index contributed by atoms with van der Waals surface area (Å²) in [4.78, 5) is 50.8. The topological polar surface area (TPSA) is 135 Å². The molecule has 0 aliphatic carbocycles. The van der Waals surface area contributed by atoms with Crippen molar-refractivity contribution >= 4 is 40.3 Å². The molecule has 3 amide bonds. The lowest BCUT2D eigenvalue weighted by atomic mass is 10.0. The molecule has 12 heteroatoms. The fourth-order valence-electron chi connectivity index (χ4n) is 5.59. The van der Waals surface area contributed by atoms with Gasteiger partial charge < -0.3 is 25.2 Å². The molecule has 2 saturated heterocycles. The molecule has 0 atom stereocenters. The number of benzene rings is 2. The van der Waals surface area contributed by atoms with Crippen molar-refractivity contribution in [3.8, 4) is 11.4 Å². The summed E-state index contributed by atoms with van der Waals surface area (Å²) in [6.07, 6.45) is 3.28. The summed E-state index contributed by atoms with van der Waals surface area (Å²) in [5.74, 6) is 1.26. The maximum Gasteiger partial charge on any atom is 0.318 e. The van der Waals surface area contributed by atoms with Crippen LogP contribution < -0.4 is 15.5 Å². The first-order valence-corrected chi connectivity index (χ1v) is 14.5. The molecule has 2 aliphatic heterocycles. The van der Waals surface area contributed by atoms with Crippen molar-refractivity contribution in [2.75, 3.05) is 56.7 Å². The predicted molar refractivity (Wildman–Crippen MR) is 162 cm³/mol. The first kappa shape index (κ1) is 28.3. The van der Waals surface area contributed by atoms with Crippen LogP contribution in [0, 0.1) is 0 Å². The van der Waals surface area contributed by atoms with Crippen LogP contribution in [0.5, 0.6) is 0 Å². The van der Waals surface area contributed by atoms with Crippen molar-refractivity contribution in [2.24, 2.45) is 0 Å². The number of rotatable bonds is 6. The van der Waals surface area contributed by atoms with Gasteiger partial charge in [-0.25, -0.2) is 19.4 Å². The van der Waals surface area contributed by atoms with E-state index in [1.807, 2.05) is 40.0 Å². The maximum atomic E-state index is 13.2. The number of aromatic nitrogens is 4. The van der Waals surface area contributed by atoms with Gasteiger partial charge in [0.2, 0.25) is 0 Å². The van der Waals surface area contributed by atoms with Gasteiger partial charge in [-0.2, -0.15) is 5.10 Å². The van der Waals surface area contributed by atoms with Crippen molar-refractivity contribution in [3.05, 3.63) is 65.9 Å². The second kappa shape index (κ2) is 12.2. The highest BCUT2D eigenvalue weighted by atomic mass is 16.5. The zero-order chi connectivity index (χ0) is 29.9. The molecule has 4 heterocycles. The summed E-state index contributed by atoms with van der Waals surface area (Å²) < 4.78 is 7.56. The number of urea groups is 1. The fraction of sp³-hybridized carbons (Fsp3) is 0.355. The van der Waals surface area contributed by atoms with Crippen molar-refractivity contribution < 1.29 is 19.1 Å². The zero-order valence-corrected chi connectivity index (χ0v) is 24.2. The van der Waals surface area contributed by atoms with E-state index < -0.39 is 0 Å². The van der Waals surface area contributed by atoms with Gasteiger partial charge >= 0.3 is 6.03 Å². The quantitative estimate of drug-likeness (QED) is 0.328. The lowest BCUT2D eigenvalue weighted by Gasteiger charge is -2.32. The van der Waals surface area contributed by atoms with E-state index in [1.165, 1.54) is 6.92 Å². The Morgan fingerprint density at radius 2 is 1.65 bits per heavy atom. The van der Waals surface area contributed by atoms with Crippen LogP contribution in [0.25, 0.3) is 22.4 Å². The fourth-order valence-corrected chi connectivity index (χ4v) is 5.59. The van der Waals surface area contributed by atoms with Crippen molar-refractivity contribution in [1.82, 2.24) is 30.0 Å². The van der Waals surface area contributed by atoms with Crippen molar-refractivity contribution in [1.29, 1.82) is 0 Å². The molecular weight excluding hydrogens is 548 g/mol. The van der Waals surface area contributed by atoms with E-state index in [2.05, 4.69) is 15.5 Å². The number of anilines is 2. The largest absolute Gasteiger partial charge is 0.378 e. The third kappa shape index (κ3) is 5.91. The summed E-state index contributed by atoms with van der Waals surface area (Å²) in [5, 5.41) is 11.0. The Hall–Kier alpha value is -4.84. The number of ether oxygens (including phenoxy) is 1. The van der Waals surface area contributed by atoms with Crippen LogP contribution in [-0.2, 0) is 4.74 Å². The maximum absolute atomic E-state index is 13.2. The number of likely N-dealkylation sites (tertiary alicyclic amines) is 1. The normalized spacial score (nSPS) is 15.9. The second-order valence-electron chi connectivity index (χ2n) is 10.7. The Kier molecular flexibility index (Phi) is 8.01. The van der Waals surface area contributed by atoms with Crippen molar-refractivity contribution in [3.63, 3.8) is 0 Å². The minimum Gasteiger partial charge on any atom is -0.378 e. The molecule has 0 radical (unpaired) electrons. The van der Waals surface area contributed by atoms with Gasteiger partial charge in [0.25, 0.3) is 5.91 Å². The average Bonchev–Trinajstić information content (AvgIpc) is 3.49. The molecule has 2 aromatic carbocycles. The van der Waals surface area contributed by atoms with Gasteiger partial charge in [-0.15, -0.1) is 0 Å². The molecule has 0 unspecified atom stereocenters. The molecule has 2 aromatic heterocycles. The molecule has 43 heavy (non-hydrogen) atoms. The van der Waals surface area contributed by atoms with Gasteiger partial charge in [0.15, 0.2) is 17.3 Å². The van der Waals surface area contributed by atoms with Crippen LogP contribution in [0.2, 0.25) is 0 Å². The highest BCUT2D eigenvalue weighted by Gasteiger charge is 2.28. The van der Waals surface area contributed by atoms with Gasteiger partial charge in [-0.1, -0.05) is 12.1 Å². The van der Waals surface area contributed by atoms with E-state index >= 15 is 0 Å². The van der Waals surface area contributed by atoms with Crippen LogP contribution in [0.1, 0.15) is 46.5 Å². The van der Waals surface area contributed by atoms with E-state index in [4.69, 9.17) is 19.8 Å². The van der Waals surface area contributed by atoms with E-state index in [9.17, 15) is 14.4 Å². The molecule has 2 aliphatic rings. The lowest BCUT2D eigenvalue weighted by molar-refractivity contribution is 0.0691. The number of ketones is 1. The number of carbonyl (C=O) groups excluding carboxylic acids is 3. The van der Waals surface area contributed by atoms with Crippen LogP contribution in [0.4, 0.5) is 16.3 Å². The van der Waals surface area contributed by atoms with Gasteiger partial charge in [-0.3, -0.25) is 9.59 Å². The molecule has 0 bridgehead atoms. The lowest BCUT2D eigenvalue weighted by Crippen LogP contribution is -2.39. The highest BCUT2D eigenvalue weighted by molar-refractivity contribution is 5.99. The van der Waals surface area contributed by atoms with E-state index in [0.29, 0.717) is 48.9 Å². The van der Waals surface area contributed by atoms with E-state index in [1.54, 1.807) is 31.3 Å². The Labute approximate surface area is 249 Å². The van der Waals surface area contributed by atoms with Gasteiger partial charge in [0.05, 0.1) is 30.8 Å². The van der Waals surface area contributed by atoms with Crippen LogP contribution in [0.3, 0.4) is 0 Å². The SMILES string of the molecule is CNC(=O)Nc1ccc(-c2nc(N3CCOCC3)c3cnn(C4CCN(C(=O)c5cccc(C(C)=O)c5)CC4)c3n2)cc1. The minimum atomic E-state index is -0.291. The van der Waals surface area contributed by atoms with Crippen LogP contribution >= 0.6 is 0 Å². The minimum absolute atomic E-state index is 0.0597. The number of carbonyl (C=O) groups is 3. The van der Waals surface area contributed by atoms with Gasteiger partial charge in [0.1, 0.15) is 5.82 Å². The molecular formula is C31H34N8O4. The number of fused-ring (bicyclic) bond motifs is 1. The number of amides is 3. The van der Waals surface area contributed by atoms with Crippen molar-refractivity contribution in [2.45, 2.75) is 25.8 Å². The summed E-state index contributed by atoms with van der Waals surface area (Å²) in [7, 11) is 1.57. The molecule has 0 saturated carbocycles. The summed E-state index contributed by atoms with van der Waals surface area (Å²) in [5.41, 5.74) is 3.29. The number of hydrogen-bond acceptors (Lipinski definition) is 8. The van der Waals surface area contributed by atoms with Crippen LogP contribution in [0.15, 0.2) is 54.7 Å². The molecule has 6 rings (SSSR count). The summed E-state index contributed by atoms with van der Waals surface area (Å²) in [6, 6.07) is 14.1. The van der Waals surface area contributed by atoms with Gasteiger partial charge in [0, 0.05) is 55.6 Å². The van der Waals surface area contributed by atoms with E-state index in [0.717, 1.165) is 48.3 Å². The molecule has 12 nitrogen and oxygen atoms in total. The molecule has 222 valence electrons. The Morgan fingerprint density at radius 3 is 2.35 bits per heavy atom. The Morgan fingerprint density at radius 1 is 0.930 bits per heavy atom. The summed E-state index contributed by atoms with van der Waals surface area (Å²) in [6.45, 7) is 5.33. The highest BCUT2D eigenvalue weighted by Crippen LogP contribution is 2.32. The Balaban J connectivity index is 1.27. The number of Topliss-reactive ketones (excluding diaryl/α,β-unsaturated/α-hetero) is 1. The summed E-state index contributed by atoms with van der Waals surface area (Å²) >= 11 is 0.